The molecular weight excluding hydrogens is 310 g/mol. The minimum absolute atomic E-state index is 0.0756. The largest absolute Gasteiger partial charge is 0.388 e. The van der Waals surface area contributed by atoms with E-state index in [-0.39, 0.29) is 12.0 Å². The Bertz CT molecular complexity index is 507. The minimum atomic E-state index is -0.915. The summed E-state index contributed by atoms with van der Waals surface area (Å²) in [4.78, 5) is 0. The van der Waals surface area contributed by atoms with E-state index in [0.717, 1.165) is 4.47 Å². The van der Waals surface area contributed by atoms with Crippen molar-refractivity contribution in [2.45, 2.75) is 12.5 Å². The average molecular weight is 319 g/mol. The van der Waals surface area contributed by atoms with E-state index >= 15 is 0 Å². The van der Waals surface area contributed by atoms with E-state index in [4.69, 9.17) is 0 Å². The number of halogens is 3. The Morgan fingerprint density at radius 2 is 1.88 bits per heavy atom. The molecule has 5 heteroatoms. The third kappa shape index (κ3) is 2.73. The number of aliphatic hydroxyl groups is 1. The van der Waals surface area contributed by atoms with Gasteiger partial charge in [0.05, 0.1) is 6.10 Å². The van der Waals surface area contributed by atoms with Gasteiger partial charge in [-0.1, -0.05) is 6.07 Å². The monoisotopic (exact) mass is 318 g/mol. The lowest BCUT2D eigenvalue weighted by Gasteiger charge is -2.11. The molecule has 2 rings (SSSR count). The predicted molar refractivity (Wildman–Crippen MR) is 67.0 cm³/mol. The summed E-state index contributed by atoms with van der Waals surface area (Å²) in [6, 6.07) is 3.68. The van der Waals surface area contributed by atoms with E-state index in [1.165, 1.54) is 29.5 Å². The number of aliphatic hydroxyl groups excluding tert-OH is 1. The van der Waals surface area contributed by atoms with Crippen LogP contribution in [0.4, 0.5) is 8.78 Å². The van der Waals surface area contributed by atoms with Crippen molar-refractivity contribution >= 4 is 27.3 Å². The second-order valence-electron chi connectivity index (χ2n) is 3.60. The molecule has 2 aromatic rings. The fourth-order valence-electron chi connectivity index (χ4n) is 1.56. The highest BCUT2D eigenvalue weighted by Gasteiger charge is 2.17. The minimum Gasteiger partial charge on any atom is -0.388 e. The lowest BCUT2D eigenvalue weighted by Crippen LogP contribution is -2.05. The lowest BCUT2D eigenvalue weighted by atomic mass is 10.0. The van der Waals surface area contributed by atoms with Crippen molar-refractivity contribution in [2.24, 2.45) is 0 Å². The van der Waals surface area contributed by atoms with Gasteiger partial charge in [0.15, 0.2) is 0 Å². The molecule has 0 aliphatic carbocycles. The van der Waals surface area contributed by atoms with E-state index in [1.54, 1.807) is 5.38 Å². The summed E-state index contributed by atoms with van der Waals surface area (Å²) in [6.07, 6.45) is -0.990. The van der Waals surface area contributed by atoms with Gasteiger partial charge in [-0.15, -0.1) is 0 Å². The smallest absolute Gasteiger partial charge is 0.129 e. The Balaban J connectivity index is 2.25. The Labute approximate surface area is 110 Å². The highest BCUT2D eigenvalue weighted by molar-refractivity contribution is 9.10. The van der Waals surface area contributed by atoms with Crippen LogP contribution in [0.3, 0.4) is 0 Å². The average Bonchev–Trinajstić information content (AvgIpc) is 2.70. The van der Waals surface area contributed by atoms with Gasteiger partial charge in [0, 0.05) is 27.4 Å². The molecule has 1 atom stereocenters. The van der Waals surface area contributed by atoms with Crippen LogP contribution < -0.4 is 0 Å². The molecule has 1 heterocycles. The highest BCUT2D eigenvalue weighted by atomic mass is 79.9. The van der Waals surface area contributed by atoms with Gasteiger partial charge in [0.2, 0.25) is 0 Å². The zero-order valence-corrected chi connectivity index (χ0v) is 11.1. The number of rotatable bonds is 3. The van der Waals surface area contributed by atoms with Gasteiger partial charge < -0.3 is 5.11 Å². The molecule has 1 unspecified atom stereocenters. The molecule has 0 amide bonds. The maximum atomic E-state index is 13.4. The van der Waals surface area contributed by atoms with E-state index in [1.807, 2.05) is 5.38 Å². The highest BCUT2D eigenvalue weighted by Crippen LogP contribution is 2.30. The number of hydrogen-bond donors (Lipinski definition) is 1. The molecule has 0 fully saturated rings. The molecule has 0 spiro atoms. The standard InChI is InChI=1S/C12H9BrF2OS/c13-9-6-17-5-8(9)12(16)4-7-10(14)2-1-3-11(7)15/h1-3,5-6,12,16H,4H2. The molecule has 0 saturated carbocycles. The van der Waals surface area contributed by atoms with Crippen LogP contribution in [-0.4, -0.2) is 5.11 Å². The molecule has 90 valence electrons. The number of thiophene rings is 1. The second kappa shape index (κ2) is 5.25. The van der Waals surface area contributed by atoms with Gasteiger partial charge in [-0.2, -0.15) is 11.3 Å². The molecule has 0 saturated heterocycles. The summed E-state index contributed by atoms with van der Waals surface area (Å²) in [5.41, 5.74) is 0.566. The van der Waals surface area contributed by atoms with Gasteiger partial charge >= 0.3 is 0 Å². The first-order valence-corrected chi connectivity index (χ1v) is 6.65. The van der Waals surface area contributed by atoms with E-state index in [0.29, 0.717) is 5.56 Å². The van der Waals surface area contributed by atoms with Crippen molar-refractivity contribution in [3.8, 4) is 0 Å². The number of benzene rings is 1. The summed E-state index contributed by atoms with van der Waals surface area (Å²) in [5.74, 6) is -1.26. The molecule has 1 N–H and O–H groups in total. The van der Waals surface area contributed by atoms with Crippen LogP contribution in [0.5, 0.6) is 0 Å². The van der Waals surface area contributed by atoms with Crippen LogP contribution in [0.15, 0.2) is 33.4 Å². The van der Waals surface area contributed by atoms with E-state index in [9.17, 15) is 13.9 Å². The van der Waals surface area contributed by atoms with Gasteiger partial charge in [-0.25, -0.2) is 8.78 Å². The fraction of sp³-hybridized carbons (Fsp3) is 0.167. The molecule has 0 bridgehead atoms. The van der Waals surface area contributed by atoms with Crippen LogP contribution in [0.25, 0.3) is 0 Å². The molecule has 1 nitrogen and oxygen atoms in total. The second-order valence-corrected chi connectivity index (χ2v) is 5.19. The third-order valence-corrected chi connectivity index (χ3v) is 4.21. The summed E-state index contributed by atoms with van der Waals surface area (Å²) >= 11 is 4.70. The zero-order chi connectivity index (χ0) is 12.4. The molecule has 17 heavy (non-hydrogen) atoms. The first-order chi connectivity index (χ1) is 8.09. The SMILES string of the molecule is OC(Cc1c(F)cccc1F)c1cscc1Br. The van der Waals surface area contributed by atoms with Crippen LogP contribution in [0.2, 0.25) is 0 Å². The Kier molecular flexibility index (Phi) is 3.91. The van der Waals surface area contributed by atoms with Crippen molar-refractivity contribution in [2.75, 3.05) is 0 Å². The van der Waals surface area contributed by atoms with Crippen molar-refractivity contribution < 1.29 is 13.9 Å². The molecule has 0 aliphatic heterocycles. The van der Waals surface area contributed by atoms with Gasteiger partial charge in [0.25, 0.3) is 0 Å². The van der Waals surface area contributed by atoms with Gasteiger partial charge in [0.1, 0.15) is 11.6 Å². The van der Waals surface area contributed by atoms with Crippen LogP contribution in [0.1, 0.15) is 17.2 Å². The Hall–Kier alpha value is -0.780. The van der Waals surface area contributed by atoms with E-state index in [2.05, 4.69) is 15.9 Å². The molecular formula is C12H9BrF2OS. The summed E-state index contributed by atoms with van der Waals surface area (Å²) in [6.45, 7) is 0. The normalized spacial score (nSPS) is 12.7. The zero-order valence-electron chi connectivity index (χ0n) is 8.66. The molecule has 1 aromatic heterocycles. The molecule has 0 radical (unpaired) electrons. The first kappa shape index (κ1) is 12.7. The lowest BCUT2D eigenvalue weighted by molar-refractivity contribution is 0.175. The molecule has 0 aliphatic rings. The van der Waals surface area contributed by atoms with Crippen molar-refractivity contribution in [1.29, 1.82) is 0 Å². The third-order valence-electron chi connectivity index (χ3n) is 2.46. The summed E-state index contributed by atoms with van der Waals surface area (Å²) in [5, 5.41) is 13.5. The fourth-order valence-corrected chi connectivity index (χ4v) is 3.17. The maximum absolute atomic E-state index is 13.4. The topological polar surface area (TPSA) is 20.2 Å². The van der Waals surface area contributed by atoms with Crippen LogP contribution in [0, 0.1) is 11.6 Å². The quantitative estimate of drug-likeness (QED) is 0.904. The van der Waals surface area contributed by atoms with Gasteiger partial charge in [-0.05, 0) is 33.4 Å². The van der Waals surface area contributed by atoms with E-state index < -0.39 is 17.7 Å². The maximum Gasteiger partial charge on any atom is 0.129 e. The van der Waals surface area contributed by atoms with Crippen molar-refractivity contribution in [3.05, 3.63) is 56.2 Å². The van der Waals surface area contributed by atoms with Crippen molar-refractivity contribution in [3.63, 3.8) is 0 Å². The van der Waals surface area contributed by atoms with Crippen molar-refractivity contribution in [1.82, 2.24) is 0 Å². The Morgan fingerprint density at radius 3 is 2.41 bits per heavy atom. The molecule has 1 aromatic carbocycles. The van der Waals surface area contributed by atoms with Crippen LogP contribution >= 0.6 is 27.3 Å². The summed E-state index contributed by atoms with van der Waals surface area (Å²) in [7, 11) is 0. The van der Waals surface area contributed by atoms with Gasteiger partial charge in [-0.3, -0.25) is 0 Å². The number of hydrogen-bond acceptors (Lipinski definition) is 2. The Morgan fingerprint density at radius 1 is 1.24 bits per heavy atom. The van der Waals surface area contributed by atoms with Crippen LogP contribution in [-0.2, 0) is 6.42 Å². The summed E-state index contributed by atoms with van der Waals surface area (Å²) < 4.78 is 27.5. The predicted octanol–water partition coefficient (Wildman–Crippen LogP) is 4.06. The first-order valence-electron chi connectivity index (χ1n) is 4.92.